The lowest BCUT2D eigenvalue weighted by atomic mass is 9.52. The van der Waals surface area contributed by atoms with Gasteiger partial charge in [0.2, 0.25) is 0 Å². The average Bonchev–Trinajstić information content (AvgIpc) is 2.49. The Hall–Kier alpha value is -1.32. The molecule has 2 atom stereocenters. The third-order valence-electron chi connectivity index (χ3n) is 5.53. The molecule has 0 amide bonds. The molecule has 0 bridgehead atoms. The minimum absolute atomic E-state index is 0.344. The van der Waals surface area contributed by atoms with E-state index in [2.05, 4.69) is 13.8 Å². The largest absolute Gasteiger partial charge is 0.481 e. The molecule has 2 N–H and O–H groups in total. The van der Waals surface area contributed by atoms with Crippen LogP contribution < -0.4 is 0 Å². The van der Waals surface area contributed by atoms with E-state index in [-0.39, 0.29) is 0 Å². The molecule has 0 aromatic heterocycles. The van der Waals surface area contributed by atoms with Crippen molar-refractivity contribution in [2.45, 2.75) is 85.0 Å². The monoisotopic (exact) mass is 324 g/mol. The van der Waals surface area contributed by atoms with Crippen LogP contribution in [0.15, 0.2) is 11.6 Å². The van der Waals surface area contributed by atoms with Crippen molar-refractivity contribution in [3.8, 4) is 0 Å². The van der Waals surface area contributed by atoms with Crippen molar-refractivity contribution < 1.29 is 19.8 Å². The van der Waals surface area contributed by atoms with Gasteiger partial charge in [-0.25, -0.2) is 0 Å². The maximum atomic E-state index is 12.3. The van der Waals surface area contributed by atoms with E-state index in [1.807, 2.05) is 13.0 Å². The molecule has 0 aromatic carbocycles. The van der Waals surface area contributed by atoms with Gasteiger partial charge in [-0.3, -0.25) is 9.59 Å². The first kappa shape index (κ1) is 19.7. The Morgan fingerprint density at radius 1 is 0.957 bits per heavy atom. The second-order valence-corrected chi connectivity index (χ2v) is 7.12. The van der Waals surface area contributed by atoms with Gasteiger partial charge in [-0.1, -0.05) is 64.0 Å². The zero-order valence-corrected chi connectivity index (χ0v) is 14.9. The van der Waals surface area contributed by atoms with Crippen molar-refractivity contribution in [2.24, 2.45) is 10.8 Å². The maximum absolute atomic E-state index is 12.3. The van der Waals surface area contributed by atoms with Crippen molar-refractivity contribution in [3.05, 3.63) is 11.6 Å². The van der Waals surface area contributed by atoms with E-state index in [0.29, 0.717) is 25.7 Å². The molecule has 0 aliphatic heterocycles. The molecule has 1 rings (SSSR count). The zero-order valence-electron chi connectivity index (χ0n) is 14.9. The second kappa shape index (κ2) is 8.51. The highest BCUT2D eigenvalue weighted by molar-refractivity contribution is 5.87. The first-order valence-electron chi connectivity index (χ1n) is 8.98. The van der Waals surface area contributed by atoms with E-state index in [4.69, 9.17) is 0 Å². The van der Waals surface area contributed by atoms with E-state index in [0.717, 1.165) is 44.1 Å². The molecule has 0 radical (unpaired) electrons. The van der Waals surface area contributed by atoms with E-state index >= 15 is 0 Å². The van der Waals surface area contributed by atoms with Gasteiger partial charge in [-0.2, -0.15) is 0 Å². The van der Waals surface area contributed by atoms with Crippen molar-refractivity contribution >= 4 is 11.9 Å². The first-order chi connectivity index (χ1) is 10.9. The molecule has 1 aliphatic rings. The zero-order chi connectivity index (χ0) is 17.5. The topological polar surface area (TPSA) is 74.6 Å². The Labute approximate surface area is 140 Å². The molecule has 0 saturated heterocycles. The highest BCUT2D eigenvalue weighted by atomic mass is 16.4. The fourth-order valence-corrected chi connectivity index (χ4v) is 4.07. The first-order valence-corrected chi connectivity index (χ1v) is 8.98. The molecule has 4 nitrogen and oxygen atoms in total. The molecule has 2 unspecified atom stereocenters. The molecule has 132 valence electrons. The minimum Gasteiger partial charge on any atom is -0.481 e. The lowest BCUT2D eigenvalue weighted by Crippen LogP contribution is -2.54. The smallest absolute Gasteiger partial charge is 0.311 e. The van der Waals surface area contributed by atoms with Crippen LogP contribution in [0.3, 0.4) is 0 Å². The molecule has 23 heavy (non-hydrogen) atoms. The Bertz CT molecular complexity index is 454. The summed E-state index contributed by atoms with van der Waals surface area (Å²) >= 11 is 0. The predicted octanol–water partition coefficient (Wildman–Crippen LogP) is 5.03. The van der Waals surface area contributed by atoms with Gasteiger partial charge in [0.05, 0.1) is 10.8 Å². The summed E-state index contributed by atoms with van der Waals surface area (Å²) in [5.41, 5.74) is -1.32. The number of unbranched alkanes of at least 4 members (excludes halogenated alkanes) is 4. The lowest BCUT2D eigenvalue weighted by molar-refractivity contribution is -0.177. The van der Waals surface area contributed by atoms with E-state index in [1.54, 1.807) is 0 Å². The van der Waals surface area contributed by atoms with Gasteiger partial charge in [0, 0.05) is 0 Å². The van der Waals surface area contributed by atoms with Crippen LogP contribution in [0.4, 0.5) is 0 Å². The Balaban J connectivity index is 3.26. The summed E-state index contributed by atoms with van der Waals surface area (Å²) in [5, 5.41) is 20.1. The summed E-state index contributed by atoms with van der Waals surface area (Å²) in [5.74, 6) is -1.86. The molecular weight excluding hydrogens is 292 g/mol. The summed E-state index contributed by atoms with van der Waals surface area (Å²) in [6.07, 6.45) is 9.02. The molecule has 4 heteroatoms. The average molecular weight is 324 g/mol. The van der Waals surface area contributed by atoms with Crippen molar-refractivity contribution in [3.63, 3.8) is 0 Å². The maximum Gasteiger partial charge on any atom is 0.311 e. The van der Waals surface area contributed by atoms with Crippen LogP contribution in [0.1, 0.15) is 85.0 Å². The highest BCUT2D eigenvalue weighted by Crippen LogP contribution is 2.56. The Morgan fingerprint density at radius 3 is 1.87 bits per heavy atom. The van der Waals surface area contributed by atoms with Gasteiger partial charge in [0.1, 0.15) is 0 Å². The summed E-state index contributed by atoms with van der Waals surface area (Å²) < 4.78 is 0. The van der Waals surface area contributed by atoms with Crippen molar-refractivity contribution in [2.75, 3.05) is 0 Å². The van der Waals surface area contributed by atoms with Crippen LogP contribution in [0.5, 0.6) is 0 Å². The number of hydrogen-bond donors (Lipinski definition) is 2. The number of carbonyl (C=O) groups is 2. The molecule has 0 heterocycles. The minimum atomic E-state index is -1.17. The molecule has 1 aliphatic carbocycles. The normalized spacial score (nSPS) is 27.5. The summed E-state index contributed by atoms with van der Waals surface area (Å²) in [6.45, 7) is 6.07. The van der Waals surface area contributed by atoms with Gasteiger partial charge in [-0.15, -0.1) is 0 Å². The fourth-order valence-electron chi connectivity index (χ4n) is 4.07. The number of rotatable bonds is 10. The quantitative estimate of drug-likeness (QED) is 0.436. The molecular formula is C19H32O4. The third kappa shape index (κ3) is 3.96. The van der Waals surface area contributed by atoms with Crippen LogP contribution in [0.2, 0.25) is 0 Å². The predicted molar refractivity (Wildman–Crippen MR) is 91.4 cm³/mol. The van der Waals surface area contributed by atoms with Crippen molar-refractivity contribution in [1.29, 1.82) is 0 Å². The number of aliphatic carboxylic acids is 2. The molecule has 0 saturated carbocycles. The SMILES string of the molecule is CCCCCC1(C(=O)O)CC=C(C)CC1(CCCCC)C(=O)O. The van der Waals surface area contributed by atoms with Crippen LogP contribution in [0.25, 0.3) is 0 Å². The summed E-state index contributed by atoms with van der Waals surface area (Å²) in [4.78, 5) is 24.5. The van der Waals surface area contributed by atoms with Crippen molar-refractivity contribution in [1.82, 2.24) is 0 Å². The standard InChI is InChI=1S/C19H32O4/c1-4-6-8-11-18(16(20)21)13-10-15(3)14-19(18,17(22)23)12-9-7-5-2/h10H,4-9,11-14H2,1-3H3,(H,20,21)(H,22,23). The van der Waals surface area contributed by atoms with Gasteiger partial charge >= 0.3 is 11.9 Å². The van der Waals surface area contributed by atoms with Gasteiger partial charge in [-0.05, 0) is 32.6 Å². The number of carboxylic acid groups (broad SMARTS) is 2. The van der Waals surface area contributed by atoms with Gasteiger partial charge in [0.25, 0.3) is 0 Å². The Kier molecular flexibility index (Phi) is 7.30. The van der Waals surface area contributed by atoms with Crippen LogP contribution in [-0.4, -0.2) is 22.2 Å². The van der Waals surface area contributed by atoms with E-state index in [1.165, 1.54) is 0 Å². The highest BCUT2D eigenvalue weighted by Gasteiger charge is 2.61. The van der Waals surface area contributed by atoms with Crippen LogP contribution >= 0.6 is 0 Å². The lowest BCUT2D eigenvalue weighted by Gasteiger charge is -2.48. The van der Waals surface area contributed by atoms with Crippen LogP contribution in [0, 0.1) is 10.8 Å². The summed E-state index contributed by atoms with van der Waals surface area (Å²) in [7, 11) is 0. The second-order valence-electron chi connectivity index (χ2n) is 7.12. The van der Waals surface area contributed by atoms with Gasteiger partial charge < -0.3 is 10.2 Å². The molecule has 0 aromatic rings. The number of allylic oxidation sites excluding steroid dienone is 2. The molecule has 0 spiro atoms. The summed E-state index contributed by atoms with van der Waals surface area (Å²) in [6, 6.07) is 0. The number of hydrogen-bond acceptors (Lipinski definition) is 2. The third-order valence-corrected chi connectivity index (χ3v) is 5.53. The van der Waals surface area contributed by atoms with Crippen LogP contribution in [-0.2, 0) is 9.59 Å². The van der Waals surface area contributed by atoms with Gasteiger partial charge in [0.15, 0.2) is 0 Å². The fraction of sp³-hybridized carbons (Fsp3) is 0.789. The molecule has 0 fully saturated rings. The van der Waals surface area contributed by atoms with E-state index < -0.39 is 22.8 Å². The number of carboxylic acids is 2. The Morgan fingerprint density at radius 2 is 1.43 bits per heavy atom. The van der Waals surface area contributed by atoms with E-state index in [9.17, 15) is 19.8 Å².